The van der Waals surface area contributed by atoms with Gasteiger partial charge in [-0.15, -0.1) is 0 Å². The maximum absolute atomic E-state index is 4.76. The molecule has 0 bridgehead atoms. The molecule has 0 amide bonds. The summed E-state index contributed by atoms with van der Waals surface area (Å²) in [6.07, 6.45) is 0. The van der Waals surface area contributed by atoms with Gasteiger partial charge in [0.15, 0.2) is 0 Å². The van der Waals surface area contributed by atoms with Gasteiger partial charge in [0.2, 0.25) is 0 Å². The van der Waals surface area contributed by atoms with Crippen LogP contribution in [0.3, 0.4) is 0 Å². The Hall–Kier alpha value is 1.61. The maximum Gasteiger partial charge on any atom is 0 e. The summed E-state index contributed by atoms with van der Waals surface area (Å²) in [6, 6.07) is 0. The summed E-state index contributed by atoms with van der Waals surface area (Å²) in [5, 5.41) is 0. The molecule has 0 saturated heterocycles. The third-order valence-electron chi connectivity index (χ3n) is 0. The van der Waals surface area contributed by atoms with E-state index in [1.807, 2.05) is 0 Å². The standard InChI is InChI=1S/2ClH.Co.Fe/h2*1H;;/q;;;+2/p-2. The molecular formula is Cl2CoFe. The van der Waals surface area contributed by atoms with Crippen LogP contribution in [0, 0.1) is 0 Å². The second-order valence-electron chi connectivity index (χ2n) is 0.0505. The van der Waals surface area contributed by atoms with Crippen LogP contribution < -0.4 is 0 Å². The third-order valence-corrected chi connectivity index (χ3v) is 0. The topological polar surface area (TPSA) is 0 Å². The van der Waals surface area contributed by atoms with E-state index in [1.54, 1.807) is 0 Å². The van der Waals surface area contributed by atoms with E-state index in [-0.39, 0.29) is 29.9 Å². The number of hydrogen-bond donors (Lipinski definition) is 0. The van der Waals surface area contributed by atoms with Crippen LogP contribution in [0.4, 0.5) is 0 Å². The third kappa shape index (κ3) is 9.49. The molecule has 0 unspecified atom stereocenters. The zero-order valence-electron chi connectivity index (χ0n) is 1.44. The van der Waals surface area contributed by atoms with Gasteiger partial charge < -0.3 is 0 Å². The van der Waals surface area contributed by atoms with Crippen molar-refractivity contribution >= 4 is 20.2 Å². The summed E-state index contributed by atoms with van der Waals surface area (Å²) >= 11 is 0.194. The molecule has 0 spiro atoms. The van der Waals surface area contributed by atoms with Crippen molar-refractivity contribution in [1.82, 2.24) is 0 Å². The molecule has 0 aliphatic carbocycles. The number of rotatable bonds is 0. The Bertz CT molecular complexity index is 6.00. The summed E-state index contributed by atoms with van der Waals surface area (Å²) in [5.41, 5.74) is 0. The van der Waals surface area contributed by atoms with E-state index in [4.69, 9.17) is 20.2 Å². The van der Waals surface area contributed by atoms with Crippen LogP contribution in [-0.2, 0) is 29.9 Å². The van der Waals surface area contributed by atoms with Crippen LogP contribution in [0.25, 0.3) is 0 Å². The minimum absolute atomic E-state index is 0. The van der Waals surface area contributed by atoms with Crippen molar-refractivity contribution in [2.45, 2.75) is 0 Å². The van der Waals surface area contributed by atoms with Gasteiger partial charge in [0.25, 0.3) is 0 Å². The molecule has 1 radical (unpaired) electrons. The molecule has 0 aliphatic heterocycles. The second-order valence-corrected chi connectivity index (χ2v) is 1.87. The molecule has 0 aromatic rings. The van der Waals surface area contributed by atoms with E-state index < -0.39 is 0 Å². The van der Waals surface area contributed by atoms with E-state index >= 15 is 0 Å². The molecule has 31 valence electrons. The summed E-state index contributed by atoms with van der Waals surface area (Å²) in [5.74, 6) is 0. The summed E-state index contributed by atoms with van der Waals surface area (Å²) in [6.45, 7) is 0. The van der Waals surface area contributed by atoms with Crippen molar-refractivity contribution < 1.29 is 29.9 Å². The van der Waals surface area contributed by atoms with Crippen LogP contribution in [0.1, 0.15) is 0 Å². The zero-order chi connectivity index (χ0) is 2.71. The van der Waals surface area contributed by atoms with Crippen LogP contribution in [0.5, 0.6) is 0 Å². The van der Waals surface area contributed by atoms with E-state index in [0.717, 1.165) is 0 Å². The molecule has 0 heterocycles. The van der Waals surface area contributed by atoms with Crippen molar-refractivity contribution in [2.24, 2.45) is 0 Å². The summed E-state index contributed by atoms with van der Waals surface area (Å²) < 4.78 is 0. The van der Waals surface area contributed by atoms with Crippen LogP contribution in [0.15, 0.2) is 0 Å². The van der Waals surface area contributed by atoms with E-state index in [2.05, 4.69) is 0 Å². The Morgan fingerprint density at radius 1 is 1.25 bits per heavy atom. The van der Waals surface area contributed by atoms with Crippen molar-refractivity contribution in [3.8, 4) is 0 Å². The second kappa shape index (κ2) is 8.82. The Kier molecular flexibility index (Phi) is 20.2. The van der Waals surface area contributed by atoms with Crippen molar-refractivity contribution in [1.29, 1.82) is 0 Å². The first-order chi connectivity index (χ1) is 1.41. The van der Waals surface area contributed by atoms with Crippen LogP contribution >= 0.6 is 20.2 Å². The minimum Gasteiger partial charge on any atom is 0 e. The molecule has 0 nitrogen and oxygen atoms in total. The molecular weight excluding hydrogens is 186 g/mol. The van der Waals surface area contributed by atoms with Gasteiger partial charge in [-0.3, -0.25) is 0 Å². The van der Waals surface area contributed by atoms with E-state index in [0.29, 0.717) is 0 Å². The van der Waals surface area contributed by atoms with Gasteiger partial charge in [0, 0.05) is 16.8 Å². The van der Waals surface area contributed by atoms with E-state index in [9.17, 15) is 0 Å². The summed E-state index contributed by atoms with van der Waals surface area (Å²) in [7, 11) is 9.53. The first kappa shape index (κ1) is 9.15. The van der Waals surface area contributed by atoms with Crippen LogP contribution in [-0.4, -0.2) is 0 Å². The van der Waals surface area contributed by atoms with Gasteiger partial charge in [-0.05, 0) is 0 Å². The maximum atomic E-state index is 4.76. The summed E-state index contributed by atoms with van der Waals surface area (Å²) in [4.78, 5) is 0. The molecule has 0 fully saturated rings. The van der Waals surface area contributed by atoms with Crippen molar-refractivity contribution in [3.63, 3.8) is 0 Å². The Labute approximate surface area is 50.0 Å². The molecule has 0 aromatic carbocycles. The monoisotopic (exact) mass is 185 g/mol. The Balaban J connectivity index is 0. The van der Waals surface area contributed by atoms with Gasteiger partial charge >= 0.3 is 33.3 Å². The average Bonchev–Trinajstić information content (AvgIpc) is 0.918. The molecule has 0 aliphatic rings. The predicted octanol–water partition coefficient (Wildman–Crippen LogP) is 1.37. The molecule has 0 N–H and O–H groups in total. The number of hydrogen-bond acceptors (Lipinski definition) is 0. The van der Waals surface area contributed by atoms with Gasteiger partial charge in [0.1, 0.15) is 0 Å². The Morgan fingerprint density at radius 3 is 1.25 bits per heavy atom. The molecule has 0 atom stereocenters. The molecule has 4 heteroatoms. The normalized spacial score (nSPS) is 5.50. The van der Waals surface area contributed by atoms with Gasteiger partial charge in [-0.2, -0.15) is 0 Å². The van der Waals surface area contributed by atoms with Crippen molar-refractivity contribution in [2.75, 3.05) is 0 Å². The smallest absolute Gasteiger partial charge is 0 e. The zero-order valence-corrected chi connectivity index (χ0v) is 5.10. The minimum atomic E-state index is 0. The predicted molar refractivity (Wildman–Crippen MR) is 11.7 cm³/mol. The fourth-order valence-corrected chi connectivity index (χ4v) is 0. The average molecular weight is 186 g/mol. The SMILES string of the molecule is [Cl][Fe][Cl].[Co]. The van der Waals surface area contributed by atoms with Gasteiger partial charge in [0.05, 0.1) is 0 Å². The molecule has 0 rings (SSSR count). The molecule has 0 aromatic heterocycles. The quantitative estimate of drug-likeness (QED) is 0.501. The van der Waals surface area contributed by atoms with Crippen molar-refractivity contribution in [3.05, 3.63) is 0 Å². The number of halogens is 2. The van der Waals surface area contributed by atoms with E-state index in [1.165, 1.54) is 0 Å². The molecule has 4 heavy (non-hydrogen) atoms. The molecule has 0 saturated carbocycles. The fraction of sp³-hybridized carbons (Fsp3) is 0. The van der Waals surface area contributed by atoms with Gasteiger partial charge in [-0.25, -0.2) is 0 Å². The van der Waals surface area contributed by atoms with Gasteiger partial charge in [-0.1, -0.05) is 0 Å². The first-order valence-corrected chi connectivity index (χ1v) is 3.31. The van der Waals surface area contributed by atoms with Crippen LogP contribution in [0.2, 0.25) is 0 Å². The fourth-order valence-electron chi connectivity index (χ4n) is 0. The first-order valence-electron chi connectivity index (χ1n) is 0.267. The largest absolute Gasteiger partial charge is 0 e. The Morgan fingerprint density at radius 2 is 1.25 bits per heavy atom.